The van der Waals surface area contributed by atoms with Crippen LogP contribution in [0.3, 0.4) is 0 Å². The van der Waals surface area contributed by atoms with Gasteiger partial charge in [-0.05, 0) is 36.6 Å². The first kappa shape index (κ1) is 16.1. The van der Waals surface area contributed by atoms with Gasteiger partial charge in [0, 0.05) is 30.0 Å². The van der Waals surface area contributed by atoms with Crippen LogP contribution in [0.5, 0.6) is 0 Å². The van der Waals surface area contributed by atoms with Crippen LogP contribution in [-0.2, 0) is 22.6 Å². The molecule has 130 valence electrons. The van der Waals surface area contributed by atoms with E-state index >= 15 is 0 Å². The van der Waals surface area contributed by atoms with Crippen LogP contribution in [0.1, 0.15) is 39.6 Å². The van der Waals surface area contributed by atoms with Crippen molar-refractivity contribution in [2.45, 2.75) is 39.2 Å². The SMILES string of the molecule is Cc1cc(C)c2c(c1)NC(=O)C2CC(=O)N1CCc2nc(N)sc2C1. The van der Waals surface area contributed by atoms with Gasteiger partial charge >= 0.3 is 0 Å². The van der Waals surface area contributed by atoms with Crippen LogP contribution < -0.4 is 11.1 Å². The predicted octanol–water partition coefficient (Wildman–Crippen LogP) is 2.35. The van der Waals surface area contributed by atoms with Crippen molar-refractivity contribution in [1.29, 1.82) is 0 Å². The molecule has 6 nitrogen and oxygen atoms in total. The zero-order chi connectivity index (χ0) is 17.7. The number of thiazole rings is 1. The van der Waals surface area contributed by atoms with Crippen LogP contribution in [-0.4, -0.2) is 28.2 Å². The highest BCUT2D eigenvalue weighted by Gasteiger charge is 2.35. The number of aromatic nitrogens is 1. The Morgan fingerprint density at radius 2 is 2.24 bits per heavy atom. The standard InChI is InChI=1S/C18H20N4O2S/c1-9-5-10(2)16-11(17(24)20-13(16)6-9)7-15(23)22-4-3-12-14(8-22)25-18(19)21-12/h5-6,11H,3-4,7-8H2,1-2H3,(H2,19,21)(H,20,24). The Labute approximate surface area is 150 Å². The maximum absolute atomic E-state index is 12.8. The third-order valence-corrected chi connectivity index (χ3v) is 5.84. The number of carbonyl (C=O) groups is 2. The normalized spacial score (nSPS) is 18.7. The first-order chi connectivity index (χ1) is 11.9. The molecule has 3 N–H and O–H groups in total. The molecule has 0 saturated carbocycles. The Balaban J connectivity index is 1.54. The summed E-state index contributed by atoms with van der Waals surface area (Å²) in [6.07, 6.45) is 0.923. The summed E-state index contributed by atoms with van der Waals surface area (Å²) in [5.41, 5.74) is 10.7. The monoisotopic (exact) mass is 356 g/mol. The van der Waals surface area contributed by atoms with E-state index in [1.807, 2.05) is 24.8 Å². The van der Waals surface area contributed by atoms with Gasteiger partial charge in [0.2, 0.25) is 11.8 Å². The van der Waals surface area contributed by atoms with Crippen LogP contribution >= 0.6 is 11.3 Å². The highest BCUT2D eigenvalue weighted by Crippen LogP contribution is 2.38. The van der Waals surface area contributed by atoms with Gasteiger partial charge < -0.3 is 16.0 Å². The molecule has 2 aliphatic heterocycles. The largest absolute Gasteiger partial charge is 0.375 e. The number of fused-ring (bicyclic) bond motifs is 2. The Morgan fingerprint density at radius 1 is 1.44 bits per heavy atom. The number of benzene rings is 1. The topological polar surface area (TPSA) is 88.3 Å². The zero-order valence-corrected chi connectivity index (χ0v) is 15.1. The molecule has 7 heteroatoms. The molecule has 1 unspecified atom stereocenters. The van der Waals surface area contributed by atoms with Gasteiger partial charge in [-0.2, -0.15) is 0 Å². The molecule has 2 aliphatic rings. The molecule has 0 radical (unpaired) electrons. The molecule has 3 heterocycles. The van der Waals surface area contributed by atoms with E-state index in [0.717, 1.165) is 39.4 Å². The highest BCUT2D eigenvalue weighted by atomic mass is 32.1. The fraction of sp³-hybridized carbons (Fsp3) is 0.389. The summed E-state index contributed by atoms with van der Waals surface area (Å²) in [5.74, 6) is -0.488. The van der Waals surface area contributed by atoms with Gasteiger partial charge in [-0.25, -0.2) is 4.98 Å². The average molecular weight is 356 g/mol. The van der Waals surface area contributed by atoms with Gasteiger partial charge in [-0.3, -0.25) is 9.59 Å². The molecule has 0 fully saturated rings. The molecule has 0 aliphatic carbocycles. The molecule has 1 aromatic heterocycles. The third kappa shape index (κ3) is 2.78. The summed E-state index contributed by atoms with van der Waals surface area (Å²) >= 11 is 1.44. The number of nitrogens with zero attached hydrogens (tertiary/aromatic N) is 2. The van der Waals surface area contributed by atoms with Gasteiger partial charge in [0.15, 0.2) is 5.13 Å². The Bertz CT molecular complexity index is 889. The molecule has 1 atom stereocenters. The molecule has 1 aromatic carbocycles. The minimum Gasteiger partial charge on any atom is -0.375 e. The molecule has 2 aromatic rings. The van der Waals surface area contributed by atoms with Crippen molar-refractivity contribution < 1.29 is 9.59 Å². The summed E-state index contributed by atoms with van der Waals surface area (Å²) in [7, 11) is 0. The Kier molecular flexibility index (Phi) is 3.76. The Hall–Kier alpha value is -2.41. The summed E-state index contributed by atoms with van der Waals surface area (Å²) in [6, 6.07) is 4.03. The molecular weight excluding hydrogens is 336 g/mol. The van der Waals surface area contributed by atoms with E-state index in [1.165, 1.54) is 11.3 Å². The van der Waals surface area contributed by atoms with Crippen molar-refractivity contribution in [1.82, 2.24) is 9.88 Å². The van der Waals surface area contributed by atoms with E-state index in [-0.39, 0.29) is 18.2 Å². The van der Waals surface area contributed by atoms with E-state index in [2.05, 4.69) is 16.4 Å². The number of nitrogens with one attached hydrogen (secondary N) is 1. The summed E-state index contributed by atoms with van der Waals surface area (Å²) < 4.78 is 0. The lowest BCUT2D eigenvalue weighted by molar-refractivity contribution is -0.134. The highest BCUT2D eigenvalue weighted by molar-refractivity contribution is 7.15. The first-order valence-corrected chi connectivity index (χ1v) is 9.18. The van der Waals surface area contributed by atoms with Crippen LogP contribution in [0.2, 0.25) is 0 Å². The number of amides is 2. The smallest absolute Gasteiger partial charge is 0.232 e. The predicted molar refractivity (Wildman–Crippen MR) is 97.6 cm³/mol. The van der Waals surface area contributed by atoms with Crippen molar-refractivity contribution in [2.75, 3.05) is 17.6 Å². The number of nitrogens with two attached hydrogens (primary N) is 1. The van der Waals surface area contributed by atoms with Crippen LogP contribution in [0.25, 0.3) is 0 Å². The quantitative estimate of drug-likeness (QED) is 0.864. The lowest BCUT2D eigenvalue weighted by atomic mass is 9.91. The van der Waals surface area contributed by atoms with Crippen molar-refractivity contribution in [3.8, 4) is 0 Å². The maximum Gasteiger partial charge on any atom is 0.232 e. The maximum atomic E-state index is 12.8. The summed E-state index contributed by atoms with van der Waals surface area (Å²) in [6.45, 7) is 5.17. The molecule has 0 saturated heterocycles. The van der Waals surface area contributed by atoms with Gasteiger partial charge in [0.25, 0.3) is 0 Å². The fourth-order valence-corrected chi connectivity index (χ4v) is 4.72. The summed E-state index contributed by atoms with van der Waals surface area (Å²) in [4.78, 5) is 32.4. The second-order valence-electron chi connectivity index (χ2n) is 6.78. The van der Waals surface area contributed by atoms with Crippen molar-refractivity contribution in [2.24, 2.45) is 0 Å². The number of rotatable bonds is 2. The minimum absolute atomic E-state index is 0.00518. The van der Waals surface area contributed by atoms with Crippen molar-refractivity contribution in [3.63, 3.8) is 0 Å². The van der Waals surface area contributed by atoms with Crippen LogP contribution in [0.4, 0.5) is 10.8 Å². The molecule has 0 bridgehead atoms. The zero-order valence-electron chi connectivity index (χ0n) is 14.3. The van der Waals surface area contributed by atoms with Gasteiger partial charge in [0.1, 0.15) is 0 Å². The third-order valence-electron chi connectivity index (χ3n) is 4.93. The molecule has 25 heavy (non-hydrogen) atoms. The molecule has 4 rings (SSSR count). The van der Waals surface area contributed by atoms with E-state index in [4.69, 9.17) is 5.73 Å². The fourth-order valence-electron chi connectivity index (χ4n) is 3.82. The molecule has 0 spiro atoms. The molecule has 2 amide bonds. The number of anilines is 2. The first-order valence-electron chi connectivity index (χ1n) is 8.36. The number of hydrogen-bond acceptors (Lipinski definition) is 5. The number of nitrogen functional groups attached to an aromatic ring is 1. The Morgan fingerprint density at radius 3 is 3.04 bits per heavy atom. The van der Waals surface area contributed by atoms with Crippen LogP contribution in [0, 0.1) is 13.8 Å². The number of carbonyl (C=O) groups excluding carboxylic acids is 2. The molecular formula is C18H20N4O2S. The number of aryl methyl sites for hydroxylation is 2. The van der Waals surface area contributed by atoms with Crippen LogP contribution in [0.15, 0.2) is 12.1 Å². The van der Waals surface area contributed by atoms with E-state index < -0.39 is 5.92 Å². The lowest BCUT2D eigenvalue weighted by Crippen LogP contribution is -2.36. The van der Waals surface area contributed by atoms with Gasteiger partial charge in [0.05, 0.1) is 18.2 Å². The minimum atomic E-state index is -0.406. The van der Waals surface area contributed by atoms with E-state index in [1.54, 1.807) is 0 Å². The average Bonchev–Trinajstić information content (AvgIpc) is 3.05. The van der Waals surface area contributed by atoms with Gasteiger partial charge in [-0.1, -0.05) is 6.07 Å². The van der Waals surface area contributed by atoms with Crippen molar-refractivity contribution in [3.05, 3.63) is 39.4 Å². The second kappa shape index (κ2) is 5.84. The second-order valence-corrected chi connectivity index (χ2v) is 7.89. The van der Waals surface area contributed by atoms with E-state index in [0.29, 0.717) is 18.2 Å². The lowest BCUT2D eigenvalue weighted by Gasteiger charge is -2.27. The van der Waals surface area contributed by atoms with Crippen molar-refractivity contribution >= 4 is 34.0 Å². The van der Waals surface area contributed by atoms with E-state index in [9.17, 15) is 9.59 Å². The van der Waals surface area contributed by atoms with Gasteiger partial charge in [-0.15, -0.1) is 11.3 Å². The summed E-state index contributed by atoms with van der Waals surface area (Å²) in [5, 5.41) is 3.47. The number of hydrogen-bond donors (Lipinski definition) is 2.